The zero-order chi connectivity index (χ0) is 17.1. The molecule has 0 radical (unpaired) electrons. The van der Waals surface area contributed by atoms with Gasteiger partial charge in [-0.1, -0.05) is 12.1 Å². The number of carbonyl (C=O) groups is 1. The van der Waals surface area contributed by atoms with E-state index in [9.17, 15) is 13.6 Å². The smallest absolute Gasteiger partial charge is 0.257 e. The second kappa shape index (κ2) is 7.40. The highest BCUT2D eigenvalue weighted by molar-refractivity contribution is 7.10. The van der Waals surface area contributed by atoms with Crippen LogP contribution in [0.3, 0.4) is 0 Å². The molecule has 24 heavy (non-hydrogen) atoms. The topological polar surface area (TPSA) is 32.3 Å². The van der Waals surface area contributed by atoms with Crippen LogP contribution in [0.2, 0.25) is 0 Å². The van der Waals surface area contributed by atoms with Crippen LogP contribution in [0, 0.1) is 11.6 Å². The van der Waals surface area contributed by atoms with Gasteiger partial charge >= 0.3 is 0 Å². The maximum Gasteiger partial charge on any atom is 0.257 e. The molecule has 3 nitrogen and oxygen atoms in total. The lowest BCUT2D eigenvalue weighted by molar-refractivity contribution is 0.0899. The number of carbonyl (C=O) groups excluding carboxylic acids is 1. The minimum atomic E-state index is -0.839. The van der Waals surface area contributed by atoms with Gasteiger partial charge in [0.15, 0.2) is 0 Å². The van der Waals surface area contributed by atoms with E-state index in [1.807, 2.05) is 24.4 Å². The number of hydrogen-bond donors (Lipinski definition) is 1. The van der Waals surface area contributed by atoms with Crippen LogP contribution in [-0.2, 0) is 0 Å². The Hall–Kier alpha value is -1.79. The molecule has 1 aromatic heterocycles. The molecule has 0 spiro atoms. The lowest BCUT2D eigenvalue weighted by Crippen LogP contribution is -2.44. The molecule has 2 heterocycles. The Labute approximate surface area is 144 Å². The molecule has 2 aromatic rings. The zero-order valence-corrected chi connectivity index (χ0v) is 14.3. The van der Waals surface area contributed by atoms with E-state index in [1.54, 1.807) is 11.3 Å². The fourth-order valence-corrected chi connectivity index (χ4v) is 4.26. The fourth-order valence-electron chi connectivity index (χ4n) is 3.29. The van der Waals surface area contributed by atoms with Gasteiger partial charge in [0.1, 0.15) is 17.2 Å². The predicted molar refractivity (Wildman–Crippen MR) is 91.2 cm³/mol. The van der Waals surface area contributed by atoms with E-state index in [0.29, 0.717) is 0 Å². The zero-order valence-electron chi connectivity index (χ0n) is 13.5. The molecule has 1 saturated heterocycles. The molecule has 1 N–H and O–H groups in total. The summed E-state index contributed by atoms with van der Waals surface area (Å²) < 4.78 is 27.6. The van der Waals surface area contributed by atoms with Gasteiger partial charge in [0.05, 0.1) is 6.04 Å². The maximum atomic E-state index is 13.8. The van der Waals surface area contributed by atoms with Crippen molar-refractivity contribution in [2.45, 2.75) is 31.8 Å². The van der Waals surface area contributed by atoms with Gasteiger partial charge in [-0.05, 0) is 56.4 Å². The first kappa shape index (κ1) is 17.0. The molecule has 1 aliphatic heterocycles. The van der Waals surface area contributed by atoms with Crippen molar-refractivity contribution in [3.63, 3.8) is 0 Å². The minimum absolute atomic E-state index is 0.0197. The number of hydrogen-bond acceptors (Lipinski definition) is 3. The summed E-state index contributed by atoms with van der Waals surface area (Å²) in [6.45, 7) is 3.83. The van der Waals surface area contributed by atoms with E-state index in [2.05, 4.69) is 10.2 Å². The third-order valence-electron chi connectivity index (χ3n) is 4.39. The van der Waals surface area contributed by atoms with Crippen molar-refractivity contribution in [2.24, 2.45) is 0 Å². The largest absolute Gasteiger partial charge is 0.347 e. The molecule has 0 bridgehead atoms. The van der Waals surface area contributed by atoms with Crippen LogP contribution in [0.5, 0.6) is 0 Å². The van der Waals surface area contributed by atoms with Gasteiger partial charge < -0.3 is 5.32 Å². The van der Waals surface area contributed by atoms with E-state index in [1.165, 1.54) is 6.07 Å². The lowest BCUT2D eigenvalue weighted by Gasteiger charge is -2.32. The Balaban J connectivity index is 1.80. The normalized spacial score (nSPS) is 17.6. The number of rotatable bonds is 5. The predicted octanol–water partition coefficient (Wildman–Crippen LogP) is 3.98. The number of likely N-dealkylation sites (tertiary alicyclic amines) is 1. The molecular formula is C18H20F2N2OS. The molecule has 1 aromatic carbocycles. The van der Waals surface area contributed by atoms with Gasteiger partial charge in [0.2, 0.25) is 0 Å². The van der Waals surface area contributed by atoms with Gasteiger partial charge in [-0.2, -0.15) is 0 Å². The molecule has 1 amide bonds. The van der Waals surface area contributed by atoms with Gasteiger partial charge in [0, 0.05) is 10.9 Å². The molecule has 0 aliphatic carbocycles. The van der Waals surface area contributed by atoms with Gasteiger partial charge in [0.25, 0.3) is 5.91 Å². The van der Waals surface area contributed by atoms with Crippen LogP contribution in [0.1, 0.15) is 41.0 Å². The van der Waals surface area contributed by atoms with E-state index >= 15 is 0 Å². The third-order valence-corrected chi connectivity index (χ3v) is 5.33. The second-order valence-corrected chi connectivity index (χ2v) is 7.04. The van der Waals surface area contributed by atoms with Crippen molar-refractivity contribution in [3.05, 3.63) is 57.8 Å². The van der Waals surface area contributed by atoms with Crippen molar-refractivity contribution >= 4 is 17.2 Å². The summed E-state index contributed by atoms with van der Waals surface area (Å²) in [6.07, 6.45) is 2.26. The molecule has 6 heteroatoms. The van der Waals surface area contributed by atoms with Crippen LogP contribution >= 0.6 is 11.3 Å². The summed E-state index contributed by atoms with van der Waals surface area (Å²) in [4.78, 5) is 15.9. The quantitative estimate of drug-likeness (QED) is 0.885. The SMILES string of the molecule is C[C@H](NC(=O)c1c(F)cccc1F)[C@@H](c1cccs1)N1CCCC1. The number of nitrogens with zero attached hydrogens (tertiary/aromatic N) is 1. The van der Waals surface area contributed by atoms with Gasteiger partial charge in [-0.25, -0.2) is 8.78 Å². The Morgan fingerprint density at radius 1 is 1.17 bits per heavy atom. The summed E-state index contributed by atoms with van der Waals surface area (Å²) in [7, 11) is 0. The average molecular weight is 350 g/mol. The Morgan fingerprint density at radius 3 is 2.42 bits per heavy atom. The number of amides is 1. The summed E-state index contributed by atoms with van der Waals surface area (Å²) in [6, 6.07) is 7.23. The highest BCUT2D eigenvalue weighted by atomic mass is 32.1. The standard InChI is InChI=1S/C18H20F2N2OS/c1-12(21-18(23)16-13(19)6-4-7-14(16)20)17(15-8-5-11-24-15)22-9-2-3-10-22/h4-8,11-12,17H,2-3,9-10H2,1H3,(H,21,23)/t12-,17-/m0/s1. The fraction of sp³-hybridized carbons (Fsp3) is 0.389. The van der Waals surface area contributed by atoms with Crippen LogP contribution in [0.15, 0.2) is 35.7 Å². The number of thiophene rings is 1. The molecule has 0 unspecified atom stereocenters. The van der Waals surface area contributed by atoms with Crippen molar-refractivity contribution in [1.82, 2.24) is 10.2 Å². The first-order valence-electron chi connectivity index (χ1n) is 8.10. The number of halogens is 2. The number of nitrogens with one attached hydrogen (secondary N) is 1. The van der Waals surface area contributed by atoms with E-state index < -0.39 is 23.1 Å². The molecule has 0 saturated carbocycles. The van der Waals surface area contributed by atoms with Crippen LogP contribution < -0.4 is 5.32 Å². The summed E-state index contributed by atoms with van der Waals surface area (Å²) in [5, 5.41) is 4.79. The molecule has 128 valence electrons. The summed E-state index contributed by atoms with van der Waals surface area (Å²) >= 11 is 1.63. The highest BCUT2D eigenvalue weighted by Gasteiger charge is 2.31. The van der Waals surface area contributed by atoms with Crippen LogP contribution in [-0.4, -0.2) is 29.9 Å². The minimum Gasteiger partial charge on any atom is -0.347 e. The molecule has 1 fully saturated rings. The monoisotopic (exact) mass is 350 g/mol. The van der Waals surface area contributed by atoms with Gasteiger partial charge in [-0.3, -0.25) is 9.69 Å². The molecule has 2 atom stereocenters. The van der Waals surface area contributed by atoms with Crippen molar-refractivity contribution in [2.75, 3.05) is 13.1 Å². The first-order valence-corrected chi connectivity index (χ1v) is 8.98. The van der Waals surface area contributed by atoms with Crippen molar-refractivity contribution < 1.29 is 13.6 Å². The Kier molecular flexibility index (Phi) is 5.26. The summed E-state index contributed by atoms with van der Waals surface area (Å²) in [5.41, 5.74) is -0.518. The number of benzene rings is 1. The average Bonchev–Trinajstić information content (AvgIpc) is 3.21. The summed E-state index contributed by atoms with van der Waals surface area (Å²) in [5.74, 6) is -2.39. The van der Waals surface area contributed by atoms with Crippen LogP contribution in [0.25, 0.3) is 0 Å². The molecule has 3 rings (SSSR count). The van der Waals surface area contributed by atoms with Crippen LogP contribution in [0.4, 0.5) is 8.78 Å². The Morgan fingerprint density at radius 2 is 1.83 bits per heavy atom. The molecule has 1 aliphatic rings. The van der Waals surface area contributed by atoms with Crippen molar-refractivity contribution in [1.29, 1.82) is 0 Å². The Bertz CT molecular complexity index is 679. The lowest BCUT2D eigenvalue weighted by atomic mass is 10.1. The van der Waals surface area contributed by atoms with Gasteiger partial charge in [-0.15, -0.1) is 11.3 Å². The maximum absolute atomic E-state index is 13.8. The first-order chi connectivity index (χ1) is 11.6. The van der Waals surface area contributed by atoms with E-state index in [4.69, 9.17) is 0 Å². The van der Waals surface area contributed by atoms with E-state index in [-0.39, 0.29) is 12.1 Å². The van der Waals surface area contributed by atoms with Crippen molar-refractivity contribution in [3.8, 4) is 0 Å². The highest BCUT2D eigenvalue weighted by Crippen LogP contribution is 2.31. The second-order valence-electron chi connectivity index (χ2n) is 6.06. The molecular weight excluding hydrogens is 330 g/mol. The van der Waals surface area contributed by atoms with E-state index in [0.717, 1.165) is 42.9 Å². The third kappa shape index (κ3) is 3.49.